The number of ether oxygens (including phenoxy) is 2. The Labute approximate surface area is 152 Å². The van der Waals surface area contributed by atoms with Gasteiger partial charge in [0.05, 0.1) is 30.3 Å². The van der Waals surface area contributed by atoms with Crippen molar-refractivity contribution in [2.45, 2.75) is 37.8 Å². The smallest absolute Gasteiger partial charge is 0.293 e. The van der Waals surface area contributed by atoms with Crippen LogP contribution in [0.2, 0.25) is 0 Å². The minimum Gasteiger partial charge on any atom is -0.383 e. The molecule has 0 radical (unpaired) electrons. The highest BCUT2D eigenvalue weighted by molar-refractivity contribution is 5.96. The Morgan fingerprint density at radius 3 is 3.00 bits per heavy atom. The number of methoxy groups -OCH3 is 1. The van der Waals surface area contributed by atoms with Crippen LogP contribution in [0, 0.1) is 10.1 Å². The monoisotopic (exact) mass is 363 g/mol. The van der Waals surface area contributed by atoms with Gasteiger partial charge >= 0.3 is 0 Å². The molecule has 1 aromatic rings. The number of nitrogens with one attached hydrogen (secondary N) is 1. The zero-order valence-electron chi connectivity index (χ0n) is 15.0. The van der Waals surface area contributed by atoms with E-state index in [0.717, 1.165) is 25.7 Å². The number of hydrogen-bond acceptors (Lipinski definition) is 6. The maximum Gasteiger partial charge on any atom is 0.293 e. The van der Waals surface area contributed by atoms with Gasteiger partial charge in [0.2, 0.25) is 0 Å². The van der Waals surface area contributed by atoms with Crippen LogP contribution < -0.4 is 5.32 Å². The van der Waals surface area contributed by atoms with E-state index in [-0.39, 0.29) is 23.7 Å². The van der Waals surface area contributed by atoms with Gasteiger partial charge in [0.25, 0.3) is 11.6 Å². The lowest BCUT2D eigenvalue weighted by atomic mass is 9.89. The summed E-state index contributed by atoms with van der Waals surface area (Å²) in [6, 6.07) is 4.69. The van der Waals surface area contributed by atoms with Crippen molar-refractivity contribution < 1.29 is 19.2 Å². The normalized spacial score (nSPS) is 22.6. The van der Waals surface area contributed by atoms with Crippen molar-refractivity contribution in [3.8, 4) is 0 Å². The molecule has 1 aliphatic carbocycles. The summed E-state index contributed by atoms with van der Waals surface area (Å²) in [4.78, 5) is 25.8. The SMILES string of the molecule is COCCNc1ccc(C(=O)N2CCOC3CCCCC32)cc1[N+](=O)[O-]. The number of fused-ring (bicyclic) bond motifs is 1. The van der Waals surface area contributed by atoms with Gasteiger partial charge < -0.3 is 19.7 Å². The van der Waals surface area contributed by atoms with Gasteiger partial charge in [-0.05, 0) is 25.0 Å². The van der Waals surface area contributed by atoms with Crippen LogP contribution in [0.15, 0.2) is 18.2 Å². The molecule has 1 aliphatic heterocycles. The Morgan fingerprint density at radius 1 is 1.42 bits per heavy atom. The van der Waals surface area contributed by atoms with Crippen molar-refractivity contribution in [1.29, 1.82) is 0 Å². The number of carbonyl (C=O) groups is 1. The first-order valence-electron chi connectivity index (χ1n) is 9.05. The van der Waals surface area contributed by atoms with Crippen molar-refractivity contribution >= 4 is 17.3 Å². The van der Waals surface area contributed by atoms with Gasteiger partial charge in [-0.25, -0.2) is 0 Å². The quantitative estimate of drug-likeness (QED) is 0.474. The fourth-order valence-corrected chi connectivity index (χ4v) is 3.77. The van der Waals surface area contributed by atoms with E-state index in [1.54, 1.807) is 19.2 Å². The number of rotatable bonds is 6. The molecule has 1 heterocycles. The van der Waals surface area contributed by atoms with Gasteiger partial charge in [-0.15, -0.1) is 0 Å². The molecule has 2 fully saturated rings. The summed E-state index contributed by atoms with van der Waals surface area (Å²) < 4.78 is 10.8. The summed E-state index contributed by atoms with van der Waals surface area (Å²) in [5.74, 6) is -0.156. The lowest BCUT2D eigenvalue weighted by Gasteiger charge is -2.43. The van der Waals surface area contributed by atoms with Crippen LogP contribution >= 0.6 is 0 Å². The molecule has 0 bridgehead atoms. The molecule has 1 N–H and O–H groups in total. The molecular formula is C18H25N3O5. The maximum absolute atomic E-state index is 13.0. The van der Waals surface area contributed by atoms with Gasteiger partial charge in [0.15, 0.2) is 0 Å². The predicted octanol–water partition coefficient (Wildman–Crippen LogP) is 2.44. The number of amides is 1. The molecule has 1 amide bonds. The van der Waals surface area contributed by atoms with E-state index in [1.807, 2.05) is 4.90 Å². The number of hydrogen-bond donors (Lipinski definition) is 1. The number of nitrogens with zero attached hydrogens (tertiary/aromatic N) is 2. The molecule has 2 unspecified atom stereocenters. The van der Waals surface area contributed by atoms with Crippen molar-refractivity contribution in [3.63, 3.8) is 0 Å². The molecule has 3 rings (SSSR count). The molecule has 1 aromatic carbocycles. The van der Waals surface area contributed by atoms with E-state index < -0.39 is 4.92 Å². The number of nitro benzene ring substituents is 1. The number of morpholine rings is 1. The summed E-state index contributed by atoms with van der Waals surface area (Å²) in [6.45, 7) is 1.94. The average Bonchev–Trinajstić information content (AvgIpc) is 2.67. The zero-order chi connectivity index (χ0) is 18.5. The highest BCUT2D eigenvalue weighted by atomic mass is 16.6. The fourth-order valence-electron chi connectivity index (χ4n) is 3.77. The molecule has 8 heteroatoms. The Kier molecular flexibility index (Phi) is 6.05. The highest BCUT2D eigenvalue weighted by Crippen LogP contribution is 2.31. The molecule has 1 saturated heterocycles. The van der Waals surface area contributed by atoms with E-state index in [1.165, 1.54) is 6.07 Å². The maximum atomic E-state index is 13.0. The van der Waals surface area contributed by atoms with Crippen molar-refractivity contribution in [1.82, 2.24) is 4.90 Å². The summed E-state index contributed by atoms with van der Waals surface area (Å²) in [5, 5.41) is 14.4. The summed E-state index contributed by atoms with van der Waals surface area (Å²) >= 11 is 0. The number of carbonyl (C=O) groups excluding carboxylic acids is 1. The second kappa shape index (κ2) is 8.46. The molecule has 2 atom stereocenters. The molecule has 8 nitrogen and oxygen atoms in total. The van der Waals surface area contributed by atoms with Crippen molar-refractivity contribution in [2.75, 3.05) is 38.7 Å². The predicted molar refractivity (Wildman–Crippen MR) is 96.5 cm³/mol. The third kappa shape index (κ3) is 3.96. The molecular weight excluding hydrogens is 338 g/mol. The summed E-state index contributed by atoms with van der Waals surface area (Å²) in [5.41, 5.74) is 0.641. The lowest BCUT2D eigenvalue weighted by molar-refractivity contribution is -0.384. The minimum absolute atomic E-state index is 0.0727. The second-order valence-corrected chi connectivity index (χ2v) is 6.67. The number of benzene rings is 1. The first-order valence-corrected chi connectivity index (χ1v) is 9.05. The first-order chi connectivity index (χ1) is 12.6. The first kappa shape index (κ1) is 18.6. The molecule has 1 saturated carbocycles. The van der Waals surface area contributed by atoms with Crippen LogP contribution in [-0.2, 0) is 9.47 Å². The molecule has 142 valence electrons. The average molecular weight is 363 g/mol. The highest BCUT2D eigenvalue weighted by Gasteiger charge is 2.37. The van der Waals surface area contributed by atoms with E-state index in [9.17, 15) is 14.9 Å². The van der Waals surface area contributed by atoms with Gasteiger partial charge in [-0.1, -0.05) is 12.8 Å². The zero-order valence-corrected chi connectivity index (χ0v) is 15.0. The van der Waals surface area contributed by atoms with E-state index >= 15 is 0 Å². The van der Waals surface area contributed by atoms with Crippen LogP contribution in [0.1, 0.15) is 36.0 Å². The van der Waals surface area contributed by atoms with Gasteiger partial charge in [0.1, 0.15) is 5.69 Å². The van der Waals surface area contributed by atoms with Gasteiger partial charge in [0, 0.05) is 31.8 Å². The minimum atomic E-state index is -0.464. The summed E-state index contributed by atoms with van der Waals surface area (Å²) in [7, 11) is 1.57. The van der Waals surface area contributed by atoms with Crippen LogP contribution in [-0.4, -0.2) is 61.3 Å². The Morgan fingerprint density at radius 2 is 2.23 bits per heavy atom. The van der Waals surface area contributed by atoms with Gasteiger partial charge in [-0.3, -0.25) is 14.9 Å². The third-order valence-corrected chi connectivity index (χ3v) is 5.06. The number of anilines is 1. The lowest BCUT2D eigenvalue weighted by Crippen LogP contribution is -2.54. The van der Waals surface area contributed by atoms with Crippen molar-refractivity contribution in [3.05, 3.63) is 33.9 Å². The standard InChI is InChI=1S/C18H25N3O5/c1-25-10-8-19-14-7-6-13(12-16(14)21(23)24)18(22)20-9-11-26-17-5-3-2-4-15(17)20/h6-7,12,15,17,19H,2-5,8-11H2,1H3. The Balaban J connectivity index is 1.80. The topological polar surface area (TPSA) is 93.9 Å². The third-order valence-electron chi connectivity index (χ3n) is 5.06. The molecule has 2 aliphatic rings. The molecule has 26 heavy (non-hydrogen) atoms. The van der Waals surface area contributed by atoms with Gasteiger partial charge in [-0.2, -0.15) is 0 Å². The van der Waals surface area contributed by atoms with E-state index in [0.29, 0.717) is 37.6 Å². The molecule has 0 aromatic heterocycles. The van der Waals surface area contributed by atoms with E-state index in [4.69, 9.17) is 9.47 Å². The van der Waals surface area contributed by atoms with Crippen LogP contribution in [0.3, 0.4) is 0 Å². The largest absolute Gasteiger partial charge is 0.383 e. The Hall–Kier alpha value is -2.19. The summed E-state index contributed by atoms with van der Waals surface area (Å²) in [6.07, 6.45) is 4.19. The second-order valence-electron chi connectivity index (χ2n) is 6.67. The molecule has 0 spiro atoms. The van der Waals surface area contributed by atoms with Crippen LogP contribution in [0.4, 0.5) is 11.4 Å². The fraction of sp³-hybridized carbons (Fsp3) is 0.611. The van der Waals surface area contributed by atoms with Crippen LogP contribution in [0.5, 0.6) is 0 Å². The van der Waals surface area contributed by atoms with E-state index in [2.05, 4.69) is 5.32 Å². The van der Waals surface area contributed by atoms with Crippen LogP contribution in [0.25, 0.3) is 0 Å². The van der Waals surface area contributed by atoms with Crippen molar-refractivity contribution in [2.24, 2.45) is 0 Å². The Bertz CT molecular complexity index is 664. The number of nitro groups is 1.